The number of hydrazine groups is 1. The fourth-order valence-corrected chi connectivity index (χ4v) is 4.18. The highest BCUT2D eigenvalue weighted by Gasteiger charge is 2.26. The van der Waals surface area contributed by atoms with Gasteiger partial charge in [-0.1, -0.05) is 97.2 Å². The monoisotopic (exact) mass is 469 g/mol. The van der Waals surface area contributed by atoms with Gasteiger partial charge in [-0.15, -0.1) is 0 Å². The van der Waals surface area contributed by atoms with Crippen molar-refractivity contribution in [2.75, 3.05) is 12.1 Å². The molecule has 1 aliphatic rings. The van der Waals surface area contributed by atoms with E-state index in [2.05, 4.69) is 23.6 Å². The summed E-state index contributed by atoms with van der Waals surface area (Å²) in [6.07, 6.45) is 5.58. The van der Waals surface area contributed by atoms with Crippen LogP contribution in [-0.2, 0) is 6.54 Å². The molecule has 34 heavy (non-hydrogen) atoms. The zero-order valence-electron chi connectivity index (χ0n) is 19.6. The van der Waals surface area contributed by atoms with Crippen LogP contribution in [0.3, 0.4) is 0 Å². The standard InChI is InChI=1S/C23H23N5S.C5H8/c1-27(16-17-10-4-2-5-11-17)22-19-14-8-9-15-20(19)28(25)23(26-22)21(24)29-18-12-6-3-7-13-18;1-3-5-4-2/h2-15H,16,24-25H2,1H3;3-5H,1H2,2H3/b23-21+;5-4-. The highest BCUT2D eigenvalue weighted by Crippen LogP contribution is 2.33. The van der Waals surface area contributed by atoms with Crippen molar-refractivity contribution in [2.45, 2.75) is 18.4 Å². The summed E-state index contributed by atoms with van der Waals surface area (Å²) >= 11 is 1.46. The summed E-state index contributed by atoms with van der Waals surface area (Å²) in [5.41, 5.74) is 9.51. The van der Waals surface area contributed by atoms with E-state index in [0.29, 0.717) is 10.9 Å². The fourth-order valence-electron chi connectivity index (χ4n) is 3.40. The van der Waals surface area contributed by atoms with Crippen LogP contribution in [-0.4, -0.2) is 17.8 Å². The summed E-state index contributed by atoms with van der Waals surface area (Å²) in [7, 11) is 2.03. The molecule has 1 aliphatic heterocycles. The van der Waals surface area contributed by atoms with E-state index in [4.69, 9.17) is 16.6 Å². The Hall–Kier alpha value is -3.74. The maximum absolute atomic E-state index is 6.44. The van der Waals surface area contributed by atoms with Gasteiger partial charge < -0.3 is 10.6 Å². The summed E-state index contributed by atoms with van der Waals surface area (Å²) in [4.78, 5) is 8.04. The van der Waals surface area contributed by atoms with Crippen LogP contribution in [0.4, 0.5) is 5.69 Å². The molecule has 0 aliphatic carbocycles. The largest absolute Gasteiger partial charge is 0.390 e. The zero-order valence-corrected chi connectivity index (χ0v) is 20.5. The van der Waals surface area contributed by atoms with Crippen molar-refractivity contribution < 1.29 is 0 Å². The number of nitrogens with zero attached hydrogens (tertiary/aromatic N) is 3. The maximum atomic E-state index is 6.44. The number of thioether (sulfide) groups is 1. The van der Waals surface area contributed by atoms with Crippen LogP contribution in [0.25, 0.3) is 0 Å². The number of aliphatic imine (C=N–C) groups is 1. The van der Waals surface area contributed by atoms with Gasteiger partial charge in [0.05, 0.1) is 5.69 Å². The van der Waals surface area contributed by atoms with Gasteiger partial charge >= 0.3 is 0 Å². The Labute approximate surface area is 206 Å². The third-order valence-electron chi connectivity index (χ3n) is 4.99. The molecule has 4 rings (SSSR count). The average molecular weight is 470 g/mol. The molecule has 0 spiro atoms. The SMILES string of the molecule is C=C/C=C\C.CN(Cc1ccccc1)C1=N/C(=C(/N)Sc2ccccc2)N(N)c2ccccc21. The fraction of sp³-hybridized carbons (Fsp3) is 0.107. The van der Waals surface area contributed by atoms with Crippen molar-refractivity contribution in [1.82, 2.24) is 4.90 Å². The van der Waals surface area contributed by atoms with E-state index in [1.165, 1.54) is 17.3 Å². The molecule has 3 aromatic carbocycles. The van der Waals surface area contributed by atoms with Crippen molar-refractivity contribution in [3.8, 4) is 0 Å². The first-order valence-electron chi connectivity index (χ1n) is 11.0. The first-order chi connectivity index (χ1) is 16.5. The maximum Gasteiger partial charge on any atom is 0.180 e. The molecule has 0 saturated carbocycles. The predicted molar refractivity (Wildman–Crippen MR) is 146 cm³/mol. The van der Waals surface area contributed by atoms with Crippen LogP contribution in [0.5, 0.6) is 0 Å². The summed E-state index contributed by atoms with van der Waals surface area (Å²) in [5.74, 6) is 7.81. The van der Waals surface area contributed by atoms with Gasteiger partial charge in [0.15, 0.2) is 5.82 Å². The summed E-state index contributed by atoms with van der Waals surface area (Å²) < 4.78 is 0. The Bertz CT molecular complexity index is 1170. The van der Waals surface area contributed by atoms with Crippen LogP contribution in [0, 0.1) is 0 Å². The van der Waals surface area contributed by atoms with E-state index in [0.717, 1.165) is 28.5 Å². The smallest absolute Gasteiger partial charge is 0.180 e. The Kier molecular flexibility index (Phi) is 9.14. The predicted octanol–water partition coefficient (Wildman–Crippen LogP) is 5.89. The Morgan fingerprint density at radius 3 is 2.24 bits per heavy atom. The second-order valence-corrected chi connectivity index (χ2v) is 8.64. The third kappa shape index (κ3) is 6.41. The van der Waals surface area contributed by atoms with Crippen LogP contribution in [0.15, 0.2) is 130 Å². The molecule has 4 N–H and O–H groups in total. The number of benzene rings is 3. The number of allylic oxidation sites excluding steroid dienone is 3. The molecule has 5 nitrogen and oxygen atoms in total. The molecule has 0 amide bonds. The molecule has 6 heteroatoms. The second kappa shape index (κ2) is 12.5. The van der Waals surface area contributed by atoms with E-state index < -0.39 is 0 Å². The summed E-state index contributed by atoms with van der Waals surface area (Å²) in [6, 6.07) is 28.3. The minimum atomic E-state index is 0.549. The number of anilines is 1. The molecule has 0 unspecified atom stereocenters. The van der Waals surface area contributed by atoms with Crippen molar-refractivity contribution in [3.63, 3.8) is 0 Å². The number of rotatable bonds is 5. The number of hydrogen-bond acceptors (Lipinski definition) is 6. The van der Waals surface area contributed by atoms with Crippen molar-refractivity contribution in [3.05, 3.63) is 132 Å². The van der Waals surface area contributed by atoms with Crippen molar-refractivity contribution >= 4 is 23.3 Å². The van der Waals surface area contributed by atoms with E-state index in [1.807, 2.05) is 98.9 Å². The molecule has 0 atom stereocenters. The number of fused-ring (bicyclic) bond motifs is 1. The Balaban J connectivity index is 0.000000588. The van der Waals surface area contributed by atoms with Crippen LogP contribution in [0.2, 0.25) is 0 Å². The van der Waals surface area contributed by atoms with Gasteiger partial charge in [0.2, 0.25) is 0 Å². The van der Waals surface area contributed by atoms with Gasteiger partial charge in [0.25, 0.3) is 0 Å². The molecular formula is C28H31N5S. The molecule has 1 heterocycles. The minimum Gasteiger partial charge on any atom is -0.390 e. The van der Waals surface area contributed by atoms with Gasteiger partial charge in [-0.05, 0) is 36.8 Å². The topological polar surface area (TPSA) is 70.9 Å². The van der Waals surface area contributed by atoms with E-state index in [-0.39, 0.29) is 0 Å². The lowest BCUT2D eigenvalue weighted by atomic mass is 10.1. The van der Waals surface area contributed by atoms with Gasteiger partial charge in [0, 0.05) is 24.1 Å². The number of nitrogens with two attached hydrogens (primary N) is 2. The summed E-state index contributed by atoms with van der Waals surface area (Å²) in [5, 5.41) is 2.12. The lowest BCUT2D eigenvalue weighted by molar-refractivity contribution is 0.499. The molecule has 0 aromatic heterocycles. The average Bonchev–Trinajstić information content (AvgIpc) is 2.86. The first kappa shape index (κ1) is 24.9. The molecule has 0 radical (unpaired) electrons. The third-order valence-corrected chi connectivity index (χ3v) is 5.90. The Morgan fingerprint density at radius 1 is 1.00 bits per heavy atom. The lowest BCUT2D eigenvalue weighted by Crippen LogP contribution is -2.39. The quantitative estimate of drug-likeness (QED) is 0.277. The zero-order chi connectivity index (χ0) is 24.3. The van der Waals surface area contributed by atoms with Crippen molar-refractivity contribution in [1.29, 1.82) is 0 Å². The normalized spacial score (nSPS) is 14.0. The molecule has 0 bridgehead atoms. The van der Waals surface area contributed by atoms with Crippen LogP contribution < -0.4 is 16.6 Å². The molecular weight excluding hydrogens is 438 g/mol. The van der Waals surface area contributed by atoms with Gasteiger partial charge in [-0.2, -0.15) is 0 Å². The number of amidine groups is 1. The number of hydrogen-bond donors (Lipinski definition) is 2. The van der Waals surface area contributed by atoms with Gasteiger partial charge in [-0.3, -0.25) is 5.01 Å². The highest BCUT2D eigenvalue weighted by molar-refractivity contribution is 8.03. The first-order valence-corrected chi connectivity index (χ1v) is 11.8. The van der Waals surface area contributed by atoms with Gasteiger partial charge in [-0.25, -0.2) is 10.8 Å². The minimum absolute atomic E-state index is 0.549. The number of para-hydroxylation sites is 1. The summed E-state index contributed by atoms with van der Waals surface area (Å²) in [6.45, 7) is 6.16. The van der Waals surface area contributed by atoms with Crippen LogP contribution >= 0.6 is 11.8 Å². The molecule has 3 aromatic rings. The Morgan fingerprint density at radius 2 is 1.62 bits per heavy atom. The highest BCUT2D eigenvalue weighted by atomic mass is 32.2. The van der Waals surface area contributed by atoms with E-state index in [9.17, 15) is 0 Å². The molecule has 0 fully saturated rings. The molecule has 0 saturated heterocycles. The van der Waals surface area contributed by atoms with E-state index >= 15 is 0 Å². The van der Waals surface area contributed by atoms with E-state index in [1.54, 1.807) is 11.1 Å². The molecule has 174 valence electrons. The van der Waals surface area contributed by atoms with Crippen LogP contribution in [0.1, 0.15) is 18.1 Å². The van der Waals surface area contributed by atoms with Gasteiger partial charge in [0.1, 0.15) is 10.9 Å². The van der Waals surface area contributed by atoms with Crippen molar-refractivity contribution in [2.24, 2.45) is 16.6 Å². The lowest BCUT2D eigenvalue weighted by Gasteiger charge is -2.32. The second-order valence-electron chi connectivity index (χ2n) is 7.53.